The van der Waals surface area contributed by atoms with Crippen molar-refractivity contribution in [2.75, 3.05) is 0 Å². The van der Waals surface area contributed by atoms with Crippen LogP contribution in [0.2, 0.25) is 5.02 Å². The van der Waals surface area contributed by atoms with E-state index in [2.05, 4.69) is 9.72 Å². The van der Waals surface area contributed by atoms with Crippen molar-refractivity contribution in [3.05, 3.63) is 47.7 Å². The average molecular weight is 274 g/mol. The van der Waals surface area contributed by atoms with Gasteiger partial charge in [-0.05, 0) is 12.1 Å². The lowest BCUT2D eigenvalue weighted by atomic mass is 10.1. The van der Waals surface area contributed by atoms with E-state index in [1.807, 2.05) is 0 Å². The Morgan fingerprint density at radius 2 is 1.78 bits per heavy atom. The van der Waals surface area contributed by atoms with Crippen LogP contribution in [0.5, 0.6) is 5.75 Å². The monoisotopic (exact) mass is 273 g/mol. The van der Waals surface area contributed by atoms with Crippen LogP contribution in [0.15, 0.2) is 42.7 Å². The summed E-state index contributed by atoms with van der Waals surface area (Å²) in [5.74, 6) is -0.293. The van der Waals surface area contributed by atoms with Crippen LogP contribution in [-0.4, -0.2) is 11.3 Å². The van der Waals surface area contributed by atoms with Crippen LogP contribution < -0.4 is 4.74 Å². The summed E-state index contributed by atoms with van der Waals surface area (Å²) in [7, 11) is 0. The van der Waals surface area contributed by atoms with Crippen LogP contribution in [0.25, 0.3) is 11.1 Å². The predicted molar refractivity (Wildman–Crippen MR) is 61.4 cm³/mol. The second kappa shape index (κ2) is 4.86. The van der Waals surface area contributed by atoms with E-state index >= 15 is 0 Å². The van der Waals surface area contributed by atoms with E-state index in [-0.39, 0.29) is 16.3 Å². The van der Waals surface area contributed by atoms with Gasteiger partial charge in [0.1, 0.15) is 5.75 Å². The number of rotatable bonds is 2. The minimum absolute atomic E-state index is 0.260. The van der Waals surface area contributed by atoms with Crippen molar-refractivity contribution < 1.29 is 17.9 Å². The second-order valence-corrected chi connectivity index (χ2v) is 3.81. The Balaban J connectivity index is 2.49. The standard InChI is InChI=1S/C12H7ClF3NO/c13-10-7-17-6-5-8(10)9-3-1-2-4-11(9)18-12(14,15)16/h1-7H. The molecule has 1 aromatic heterocycles. The molecule has 0 radical (unpaired) electrons. The molecular weight excluding hydrogens is 267 g/mol. The van der Waals surface area contributed by atoms with Gasteiger partial charge in [-0.25, -0.2) is 0 Å². The number of nitrogens with zero attached hydrogens (tertiary/aromatic N) is 1. The normalized spacial score (nSPS) is 11.3. The van der Waals surface area contributed by atoms with Crippen molar-refractivity contribution in [3.63, 3.8) is 0 Å². The first-order valence-corrected chi connectivity index (χ1v) is 5.30. The Morgan fingerprint density at radius 3 is 2.44 bits per heavy atom. The quantitative estimate of drug-likeness (QED) is 0.814. The zero-order valence-electron chi connectivity index (χ0n) is 8.91. The molecule has 1 heterocycles. The molecule has 0 unspecified atom stereocenters. The van der Waals surface area contributed by atoms with Gasteiger partial charge in [-0.2, -0.15) is 0 Å². The molecule has 0 bridgehead atoms. The summed E-state index contributed by atoms with van der Waals surface area (Å²) in [4.78, 5) is 3.78. The Kier molecular flexibility index (Phi) is 3.43. The molecule has 2 aromatic rings. The molecule has 0 atom stereocenters. The molecule has 0 amide bonds. The number of alkyl halides is 3. The van der Waals surface area contributed by atoms with E-state index in [9.17, 15) is 13.2 Å². The summed E-state index contributed by atoms with van der Waals surface area (Å²) in [5, 5.41) is 0.260. The molecule has 0 aliphatic heterocycles. The third kappa shape index (κ3) is 2.92. The Hall–Kier alpha value is -1.75. The van der Waals surface area contributed by atoms with Crippen molar-refractivity contribution >= 4 is 11.6 Å². The Morgan fingerprint density at radius 1 is 1.06 bits per heavy atom. The molecule has 0 aliphatic carbocycles. The van der Waals surface area contributed by atoms with Gasteiger partial charge in [-0.15, -0.1) is 13.2 Å². The first kappa shape index (κ1) is 12.7. The minimum atomic E-state index is -4.74. The summed E-state index contributed by atoms with van der Waals surface area (Å²) in [6.07, 6.45) is -1.93. The third-order valence-corrected chi connectivity index (χ3v) is 2.48. The van der Waals surface area contributed by atoms with Crippen molar-refractivity contribution in [1.29, 1.82) is 0 Å². The third-order valence-electron chi connectivity index (χ3n) is 2.18. The van der Waals surface area contributed by atoms with Gasteiger partial charge < -0.3 is 4.74 Å². The van der Waals surface area contributed by atoms with Crippen molar-refractivity contribution in [3.8, 4) is 16.9 Å². The molecule has 18 heavy (non-hydrogen) atoms. The molecule has 0 spiro atoms. The van der Waals surface area contributed by atoms with E-state index in [4.69, 9.17) is 11.6 Å². The number of para-hydroxylation sites is 1. The zero-order valence-corrected chi connectivity index (χ0v) is 9.66. The van der Waals surface area contributed by atoms with Crippen LogP contribution in [0.4, 0.5) is 13.2 Å². The van der Waals surface area contributed by atoms with Crippen molar-refractivity contribution in [2.45, 2.75) is 6.36 Å². The van der Waals surface area contributed by atoms with Gasteiger partial charge in [0.05, 0.1) is 5.02 Å². The number of pyridine rings is 1. The lowest BCUT2D eigenvalue weighted by Gasteiger charge is -2.13. The largest absolute Gasteiger partial charge is 0.573 e. The lowest BCUT2D eigenvalue weighted by Crippen LogP contribution is -2.17. The van der Waals surface area contributed by atoms with E-state index in [1.165, 1.54) is 36.7 Å². The number of ether oxygens (including phenoxy) is 1. The fourth-order valence-electron chi connectivity index (χ4n) is 1.50. The average Bonchev–Trinajstić information content (AvgIpc) is 2.29. The highest BCUT2D eigenvalue weighted by molar-refractivity contribution is 6.33. The maximum atomic E-state index is 12.3. The van der Waals surface area contributed by atoms with Crippen molar-refractivity contribution in [1.82, 2.24) is 4.98 Å². The maximum Gasteiger partial charge on any atom is 0.573 e. The SMILES string of the molecule is FC(F)(F)Oc1ccccc1-c1ccncc1Cl. The Labute approximate surface area is 106 Å². The smallest absolute Gasteiger partial charge is 0.405 e. The zero-order chi connectivity index (χ0) is 13.2. The van der Waals surface area contributed by atoms with Gasteiger partial charge in [0, 0.05) is 23.5 Å². The highest BCUT2D eigenvalue weighted by Crippen LogP contribution is 2.36. The fourth-order valence-corrected chi connectivity index (χ4v) is 1.72. The number of aromatic nitrogens is 1. The van der Waals surface area contributed by atoms with Gasteiger partial charge in [0.2, 0.25) is 0 Å². The summed E-state index contributed by atoms with van der Waals surface area (Å²) in [6.45, 7) is 0. The summed E-state index contributed by atoms with van der Waals surface area (Å²) in [5.41, 5.74) is 0.703. The highest BCUT2D eigenvalue weighted by atomic mass is 35.5. The van der Waals surface area contributed by atoms with Crippen molar-refractivity contribution in [2.24, 2.45) is 0 Å². The molecule has 0 fully saturated rings. The van der Waals surface area contributed by atoms with Gasteiger partial charge in [0.15, 0.2) is 0 Å². The Bertz CT molecular complexity index is 557. The number of hydrogen-bond donors (Lipinski definition) is 0. The summed E-state index contributed by atoms with van der Waals surface area (Å²) in [6, 6.07) is 7.33. The van der Waals surface area contributed by atoms with Gasteiger partial charge in [-0.1, -0.05) is 29.8 Å². The first-order chi connectivity index (χ1) is 8.47. The number of hydrogen-bond acceptors (Lipinski definition) is 2. The van der Waals surface area contributed by atoms with Gasteiger partial charge in [0.25, 0.3) is 0 Å². The maximum absolute atomic E-state index is 12.3. The topological polar surface area (TPSA) is 22.1 Å². The molecular formula is C12H7ClF3NO. The molecule has 2 nitrogen and oxygen atoms in total. The molecule has 0 N–H and O–H groups in total. The van der Waals surface area contributed by atoms with Crippen LogP contribution in [-0.2, 0) is 0 Å². The molecule has 0 aliphatic rings. The number of benzene rings is 1. The van der Waals surface area contributed by atoms with Crippen LogP contribution in [0, 0.1) is 0 Å². The van der Waals surface area contributed by atoms with E-state index < -0.39 is 6.36 Å². The van der Waals surface area contributed by atoms with E-state index in [1.54, 1.807) is 6.07 Å². The van der Waals surface area contributed by atoms with Gasteiger partial charge in [-0.3, -0.25) is 4.98 Å². The molecule has 0 saturated heterocycles. The lowest BCUT2D eigenvalue weighted by molar-refractivity contribution is -0.274. The van der Waals surface area contributed by atoms with Crippen LogP contribution in [0.3, 0.4) is 0 Å². The summed E-state index contributed by atoms with van der Waals surface area (Å²) >= 11 is 5.90. The molecule has 94 valence electrons. The molecule has 1 aromatic carbocycles. The van der Waals surface area contributed by atoms with Gasteiger partial charge >= 0.3 is 6.36 Å². The minimum Gasteiger partial charge on any atom is -0.405 e. The highest BCUT2D eigenvalue weighted by Gasteiger charge is 2.32. The van der Waals surface area contributed by atoms with E-state index in [0.717, 1.165) is 0 Å². The summed E-state index contributed by atoms with van der Waals surface area (Å²) < 4.78 is 40.8. The van der Waals surface area contributed by atoms with Crippen LogP contribution >= 0.6 is 11.6 Å². The molecule has 6 heteroatoms. The predicted octanol–water partition coefficient (Wildman–Crippen LogP) is 4.30. The fraction of sp³-hybridized carbons (Fsp3) is 0.0833. The van der Waals surface area contributed by atoms with Crippen LogP contribution in [0.1, 0.15) is 0 Å². The number of halogens is 4. The first-order valence-electron chi connectivity index (χ1n) is 4.92. The second-order valence-electron chi connectivity index (χ2n) is 3.40. The molecule has 2 rings (SSSR count). The van der Waals surface area contributed by atoms with E-state index in [0.29, 0.717) is 5.56 Å². The molecule has 0 saturated carbocycles.